The molecule has 1 fully saturated rings. The summed E-state index contributed by atoms with van der Waals surface area (Å²) in [6.07, 6.45) is 1.73. The van der Waals surface area contributed by atoms with E-state index in [1.807, 2.05) is 7.05 Å². The number of ether oxygens (including phenoxy) is 2. The Labute approximate surface area is 97.1 Å². The van der Waals surface area contributed by atoms with Gasteiger partial charge in [0.05, 0.1) is 25.9 Å². The van der Waals surface area contributed by atoms with Crippen molar-refractivity contribution in [1.82, 2.24) is 10.2 Å². The molecule has 1 amide bonds. The van der Waals surface area contributed by atoms with Gasteiger partial charge in [0.1, 0.15) is 0 Å². The van der Waals surface area contributed by atoms with Crippen LogP contribution in [0.25, 0.3) is 0 Å². The van der Waals surface area contributed by atoms with Crippen molar-refractivity contribution in [3.05, 3.63) is 0 Å². The predicted octanol–water partition coefficient (Wildman–Crippen LogP) is -0.140. The minimum Gasteiger partial charge on any atom is -0.376 e. The lowest BCUT2D eigenvalue weighted by Gasteiger charge is -2.25. The molecule has 0 aliphatic carbocycles. The Morgan fingerprint density at radius 1 is 1.44 bits per heavy atom. The van der Waals surface area contributed by atoms with Crippen LogP contribution in [0, 0.1) is 0 Å². The molecule has 1 atom stereocenters. The van der Waals surface area contributed by atoms with Crippen molar-refractivity contribution in [2.45, 2.75) is 18.9 Å². The summed E-state index contributed by atoms with van der Waals surface area (Å²) in [7, 11) is 3.68. The van der Waals surface area contributed by atoms with Gasteiger partial charge in [-0.1, -0.05) is 0 Å². The number of amides is 1. The third-order valence-corrected chi connectivity index (χ3v) is 2.72. The molecule has 0 aromatic carbocycles. The predicted molar refractivity (Wildman–Crippen MR) is 61.4 cm³/mol. The highest BCUT2D eigenvalue weighted by Crippen LogP contribution is 2.05. The maximum absolute atomic E-state index is 11.0. The van der Waals surface area contributed by atoms with E-state index >= 15 is 0 Å². The monoisotopic (exact) mass is 230 g/mol. The van der Waals surface area contributed by atoms with Gasteiger partial charge in [0, 0.05) is 26.6 Å². The number of carbonyl (C=O) groups excluding carboxylic acids is 1. The molecule has 1 aliphatic heterocycles. The number of nitrogens with one attached hydrogen (secondary N) is 1. The summed E-state index contributed by atoms with van der Waals surface area (Å²) in [5.41, 5.74) is 0. The summed E-state index contributed by atoms with van der Waals surface area (Å²) >= 11 is 0. The molecule has 0 aromatic rings. The molecule has 0 bridgehead atoms. The highest BCUT2D eigenvalue weighted by Gasteiger charge is 2.14. The standard InChI is InChI=1S/C11H22N2O3/c1-12-11(14)4-6-13(2)5-3-10-9-15-7-8-16-10/h10H,3-9H2,1-2H3,(H,12,14). The van der Waals surface area contributed by atoms with Gasteiger partial charge in [-0.15, -0.1) is 0 Å². The van der Waals surface area contributed by atoms with Crippen molar-refractivity contribution in [1.29, 1.82) is 0 Å². The summed E-state index contributed by atoms with van der Waals surface area (Å²) in [5.74, 6) is 0.0871. The smallest absolute Gasteiger partial charge is 0.221 e. The lowest BCUT2D eigenvalue weighted by Crippen LogP contribution is -2.33. The third-order valence-electron chi connectivity index (χ3n) is 2.72. The Kier molecular flexibility index (Phi) is 6.37. The maximum atomic E-state index is 11.0. The van der Waals surface area contributed by atoms with Crippen LogP contribution in [0.3, 0.4) is 0 Å². The van der Waals surface area contributed by atoms with Gasteiger partial charge >= 0.3 is 0 Å². The SMILES string of the molecule is CNC(=O)CCN(C)CCC1COCCO1. The average molecular weight is 230 g/mol. The number of rotatable bonds is 6. The number of carbonyl (C=O) groups is 1. The Bertz CT molecular complexity index is 205. The van der Waals surface area contributed by atoms with Crippen molar-refractivity contribution in [2.75, 3.05) is 47.0 Å². The maximum Gasteiger partial charge on any atom is 0.221 e. The number of hydrogen-bond acceptors (Lipinski definition) is 4. The van der Waals surface area contributed by atoms with Gasteiger partial charge in [-0.25, -0.2) is 0 Å². The molecule has 1 heterocycles. The van der Waals surface area contributed by atoms with Crippen molar-refractivity contribution in [3.63, 3.8) is 0 Å². The zero-order valence-electron chi connectivity index (χ0n) is 10.2. The number of hydrogen-bond donors (Lipinski definition) is 1. The first-order valence-corrected chi connectivity index (χ1v) is 5.81. The second-order valence-electron chi connectivity index (χ2n) is 4.08. The van der Waals surface area contributed by atoms with Crippen molar-refractivity contribution < 1.29 is 14.3 Å². The summed E-state index contributed by atoms with van der Waals surface area (Å²) in [4.78, 5) is 13.2. The van der Waals surface area contributed by atoms with E-state index in [1.54, 1.807) is 7.05 Å². The Hall–Kier alpha value is -0.650. The van der Waals surface area contributed by atoms with E-state index in [0.29, 0.717) is 26.2 Å². The molecule has 0 spiro atoms. The molecule has 5 nitrogen and oxygen atoms in total. The molecule has 16 heavy (non-hydrogen) atoms. The van der Waals surface area contributed by atoms with Crippen molar-refractivity contribution in [2.24, 2.45) is 0 Å². The quantitative estimate of drug-likeness (QED) is 0.690. The van der Waals surface area contributed by atoms with Crippen molar-refractivity contribution >= 4 is 5.91 Å². The lowest BCUT2D eigenvalue weighted by atomic mass is 10.2. The van der Waals surface area contributed by atoms with E-state index in [9.17, 15) is 4.79 Å². The first-order chi connectivity index (χ1) is 7.72. The molecular weight excluding hydrogens is 208 g/mol. The van der Waals surface area contributed by atoms with Crippen LogP contribution in [-0.2, 0) is 14.3 Å². The summed E-state index contributed by atoms with van der Waals surface area (Å²) < 4.78 is 10.9. The Balaban J connectivity index is 2.04. The van der Waals surface area contributed by atoms with Crippen LogP contribution in [0.5, 0.6) is 0 Å². The first kappa shape index (κ1) is 13.4. The van der Waals surface area contributed by atoms with Gasteiger partial charge in [0.25, 0.3) is 0 Å². The lowest BCUT2D eigenvalue weighted by molar-refractivity contribution is -0.120. The molecule has 1 N–H and O–H groups in total. The van der Waals surface area contributed by atoms with Gasteiger partial charge in [0.15, 0.2) is 0 Å². The van der Waals surface area contributed by atoms with E-state index in [4.69, 9.17) is 9.47 Å². The van der Waals surface area contributed by atoms with Gasteiger partial charge in [0.2, 0.25) is 5.91 Å². The first-order valence-electron chi connectivity index (χ1n) is 5.81. The van der Waals surface area contributed by atoms with E-state index in [0.717, 1.165) is 19.5 Å². The minimum absolute atomic E-state index is 0.0871. The molecule has 5 heteroatoms. The van der Waals surface area contributed by atoms with Gasteiger partial charge in [-0.3, -0.25) is 4.79 Å². The fraction of sp³-hybridized carbons (Fsp3) is 0.909. The molecular formula is C11H22N2O3. The molecule has 0 saturated carbocycles. The van der Waals surface area contributed by atoms with Gasteiger partial charge in [-0.2, -0.15) is 0 Å². The zero-order chi connectivity index (χ0) is 11.8. The van der Waals surface area contributed by atoms with Crippen LogP contribution in [0.15, 0.2) is 0 Å². The minimum atomic E-state index is 0.0871. The van der Waals surface area contributed by atoms with E-state index in [-0.39, 0.29) is 12.0 Å². The summed E-state index contributed by atoms with van der Waals surface area (Å²) in [5, 5.41) is 2.62. The normalized spacial score (nSPS) is 21.1. The highest BCUT2D eigenvalue weighted by molar-refractivity contribution is 5.75. The molecule has 94 valence electrons. The molecule has 0 radical (unpaired) electrons. The van der Waals surface area contributed by atoms with Gasteiger partial charge < -0.3 is 19.7 Å². The molecule has 1 rings (SSSR count). The van der Waals surface area contributed by atoms with Crippen LogP contribution >= 0.6 is 0 Å². The van der Waals surface area contributed by atoms with Crippen LogP contribution in [0.1, 0.15) is 12.8 Å². The van der Waals surface area contributed by atoms with E-state index in [2.05, 4.69) is 10.2 Å². The Morgan fingerprint density at radius 2 is 2.25 bits per heavy atom. The third kappa shape index (κ3) is 5.44. The van der Waals surface area contributed by atoms with Crippen LogP contribution in [0.2, 0.25) is 0 Å². The second kappa shape index (κ2) is 7.60. The summed E-state index contributed by atoms with van der Waals surface area (Å²) in [6, 6.07) is 0. The van der Waals surface area contributed by atoms with Crippen LogP contribution in [-0.4, -0.2) is 63.9 Å². The average Bonchev–Trinajstić information content (AvgIpc) is 2.34. The van der Waals surface area contributed by atoms with Crippen LogP contribution < -0.4 is 5.32 Å². The Morgan fingerprint density at radius 3 is 2.88 bits per heavy atom. The number of nitrogens with zero attached hydrogens (tertiary/aromatic N) is 1. The highest BCUT2D eigenvalue weighted by atomic mass is 16.6. The molecule has 1 unspecified atom stereocenters. The van der Waals surface area contributed by atoms with E-state index in [1.165, 1.54) is 0 Å². The molecule has 0 aromatic heterocycles. The topological polar surface area (TPSA) is 50.8 Å². The van der Waals surface area contributed by atoms with Crippen molar-refractivity contribution in [3.8, 4) is 0 Å². The van der Waals surface area contributed by atoms with E-state index < -0.39 is 0 Å². The molecule has 1 aliphatic rings. The fourth-order valence-electron chi connectivity index (χ4n) is 1.60. The van der Waals surface area contributed by atoms with Gasteiger partial charge in [-0.05, 0) is 13.5 Å². The fourth-order valence-corrected chi connectivity index (χ4v) is 1.60. The largest absolute Gasteiger partial charge is 0.376 e. The van der Waals surface area contributed by atoms with Crippen LogP contribution in [0.4, 0.5) is 0 Å². The molecule has 1 saturated heterocycles. The summed E-state index contributed by atoms with van der Waals surface area (Å²) in [6.45, 7) is 3.83. The zero-order valence-corrected chi connectivity index (χ0v) is 10.2. The second-order valence-corrected chi connectivity index (χ2v) is 4.08.